The first-order chi connectivity index (χ1) is 7.51. The van der Waals surface area contributed by atoms with Gasteiger partial charge in [-0.15, -0.1) is 12.4 Å². The third-order valence-electron chi connectivity index (χ3n) is 2.76. The van der Waals surface area contributed by atoms with Crippen molar-refractivity contribution in [1.82, 2.24) is 9.62 Å². The second-order valence-electron chi connectivity index (χ2n) is 3.79. The lowest BCUT2D eigenvalue weighted by molar-refractivity contribution is 0.274. The maximum Gasteiger partial charge on any atom is 0.243 e. The monoisotopic (exact) mass is 340 g/mol. The van der Waals surface area contributed by atoms with Gasteiger partial charge in [-0.3, -0.25) is 0 Å². The fraction of sp³-hybridized carbons (Fsp3) is 0.400. The number of hydrogen-bond donors (Lipinski definition) is 1. The van der Waals surface area contributed by atoms with Gasteiger partial charge in [-0.1, -0.05) is 15.9 Å². The minimum absolute atomic E-state index is 0. The molecular weight excluding hydrogens is 328 g/mol. The van der Waals surface area contributed by atoms with Crippen LogP contribution in [0.15, 0.2) is 33.6 Å². The van der Waals surface area contributed by atoms with Gasteiger partial charge in [0.15, 0.2) is 0 Å². The summed E-state index contributed by atoms with van der Waals surface area (Å²) >= 11 is 3.28. The van der Waals surface area contributed by atoms with E-state index in [1.807, 2.05) is 0 Å². The lowest BCUT2D eigenvalue weighted by atomic mass is 10.2. The molecule has 7 heteroatoms. The number of likely N-dealkylation sites (N-methyl/N-ethyl adjacent to an activating group) is 1. The molecule has 4 nitrogen and oxygen atoms in total. The smallest absolute Gasteiger partial charge is 0.243 e. The molecule has 0 saturated carbocycles. The van der Waals surface area contributed by atoms with Crippen molar-refractivity contribution in [3.05, 3.63) is 28.7 Å². The molecule has 1 aromatic rings. The van der Waals surface area contributed by atoms with Gasteiger partial charge in [0, 0.05) is 30.7 Å². The highest BCUT2D eigenvalue weighted by Crippen LogP contribution is 2.20. The Morgan fingerprint density at radius 1 is 1.29 bits per heavy atom. The summed E-state index contributed by atoms with van der Waals surface area (Å²) in [5.74, 6) is 0. The Hall–Kier alpha value is -0.140. The fourth-order valence-corrected chi connectivity index (χ4v) is 3.12. The highest BCUT2D eigenvalue weighted by atomic mass is 79.9. The number of sulfonamides is 1. The Kier molecular flexibility index (Phi) is 4.97. The summed E-state index contributed by atoms with van der Waals surface area (Å²) < 4.78 is 26.6. The average molecular weight is 342 g/mol. The summed E-state index contributed by atoms with van der Waals surface area (Å²) in [6.07, 6.45) is 0. The predicted octanol–water partition coefficient (Wildman–Crippen LogP) is 1.46. The van der Waals surface area contributed by atoms with E-state index in [1.165, 1.54) is 4.31 Å². The van der Waals surface area contributed by atoms with Crippen LogP contribution >= 0.6 is 28.3 Å². The Bertz CT molecular complexity index is 474. The average Bonchev–Trinajstić information content (AvgIpc) is 2.15. The molecule has 0 aliphatic carbocycles. The fourth-order valence-electron chi connectivity index (χ4n) is 1.50. The van der Waals surface area contributed by atoms with E-state index < -0.39 is 10.0 Å². The topological polar surface area (TPSA) is 49.4 Å². The number of hydrogen-bond acceptors (Lipinski definition) is 3. The van der Waals surface area contributed by atoms with Crippen molar-refractivity contribution in [2.24, 2.45) is 0 Å². The van der Waals surface area contributed by atoms with Gasteiger partial charge in [0.2, 0.25) is 10.0 Å². The van der Waals surface area contributed by atoms with Gasteiger partial charge < -0.3 is 5.32 Å². The molecular formula is C10H14BrClN2O2S. The molecule has 0 radical (unpaired) electrons. The van der Waals surface area contributed by atoms with E-state index in [0.717, 1.165) is 17.6 Å². The van der Waals surface area contributed by atoms with Crippen molar-refractivity contribution in [2.75, 3.05) is 20.1 Å². The van der Waals surface area contributed by atoms with E-state index >= 15 is 0 Å². The van der Waals surface area contributed by atoms with Crippen molar-refractivity contribution >= 4 is 38.4 Å². The van der Waals surface area contributed by atoms with E-state index in [9.17, 15) is 8.42 Å². The van der Waals surface area contributed by atoms with E-state index in [1.54, 1.807) is 31.3 Å². The van der Waals surface area contributed by atoms with Crippen LogP contribution in [0.3, 0.4) is 0 Å². The van der Waals surface area contributed by atoms with Gasteiger partial charge in [0.05, 0.1) is 4.90 Å². The van der Waals surface area contributed by atoms with Crippen LogP contribution in [0, 0.1) is 0 Å². The molecule has 1 aliphatic heterocycles. The van der Waals surface area contributed by atoms with E-state index in [4.69, 9.17) is 0 Å². The quantitative estimate of drug-likeness (QED) is 0.905. The van der Waals surface area contributed by atoms with Gasteiger partial charge >= 0.3 is 0 Å². The maximum absolute atomic E-state index is 12.2. The second-order valence-corrected chi connectivity index (χ2v) is 6.70. The standard InChI is InChI=1S/C10H13BrN2O2S.ClH/c1-13(9-6-12-7-9)16(14,15)10-4-2-8(11)3-5-10;/h2-5,9,12H,6-7H2,1H3;1H. The van der Waals surface area contributed by atoms with Crippen LogP contribution in [-0.2, 0) is 10.0 Å². The molecule has 1 saturated heterocycles. The van der Waals surface area contributed by atoms with E-state index in [0.29, 0.717) is 4.90 Å². The molecule has 0 unspecified atom stereocenters. The third kappa shape index (κ3) is 3.00. The molecule has 0 amide bonds. The van der Waals surface area contributed by atoms with Crippen LogP contribution in [0.5, 0.6) is 0 Å². The van der Waals surface area contributed by atoms with Crippen LogP contribution in [-0.4, -0.2) is 38.9 Å². The molecule has 0 spiro atoms. The normalized spacial score (nSPS) is 16.4. The van der Waals surface area contributed by atoms with Gasteiger partial charge in [0.25, 0.3) is 0 Å². The minimum Gasteiger partial charge on any atom is -0.313 e. The summed E-state index contributed by atoms with van der Waals surface area (Å²) in [5, 5.41) is 3.06. The van der Waals surface area contributed by atoms with Crippen LogP contribution in [0.25, 0.3) is 0 Å². The Morgan fingerprint density at radius 3 is 2.24 bits per heavy atom. The largest absolute Gasteiger partial charge is 0.313 e. The van der Waals surface area contributed by atoms with E-state index in [2.05, 4.69) is 21.2 Å². The maximum atomic E-state index is 12.2. The summed E-state index contributed by atoms with van der Waals surface area (Å²) in [6.45, 7) is 1.46. The Balaban J connectivity index is 0.00000144. The molecule has 1 fully saturated rings. The van der Waals surface area contributed by atoms with Crippen molar-refractivity contribution < 1.29 is 8.42 Å². The summed E-state index contributed by atoms with van der Waals surface area (Å²) in [6, 6.07) is 6.78. The van der Waals surface area contributed by atoms with Crippen molar-refractivity contribution in [2.45, 2.75) is 10.9 Å². The first-order valence-corrected chi connectivity index (χ1v) is 7.19. The van der Waals surface area contributed by atoms with Gasteiger partial charge in [0.1, 0.15) is 0 Å². The van der Waals surface area contributed by atoms with Crippen molar-refractivity contribution in [3.8, 4) is 0 Å². The van der Waals surface area contributed by atoms with Crippen LogP contribution in [0.1, 0.15) is 0 Å². The molecule has 0 aromatic heterocycles. The lowest BCUT2D eigenvalue weighted by Crippen LogP contribution is -2.57. The summed E-state index contributed by atoms with van der Waals surface area (Å²) in [5.41, 5.74) is 0. The number of nitrogens with one attached hydrogen (secondary N) is 1. The first-order valence-electron chi connectivity index (χ1n) is 4.96. The van der Waals surface area contributed by atoms with E-state index in [-0.39, 0.29) is 18.4 Å². The summed E-state index contributed by atoms with van der Waals surface area (Å²) in [4.78, 5) is 0.338. The molecule has 1 N–H and O–H groups in total. The Morgan fingerprint density at radius 2 is 1.82 bits per heavy atom. The number of halogens is 2. The molecule has 2 rings (SSSR count). The highest BCUT2D eigenvalue weighted by Gasteiger charge is 2.31. The molecule has 1 aliphatic rings. The number of benzene rings is 1. The zero-order valence-electron chi connectivity index (χ0n) is 9.26. The van der Waals surface area contributed by atoms with Gasteiger partial charge in [-0.25, -0.2) is 8.42 Å². The SMILES string of the molecule is CN(C1CNC1)S(=O)(=O)c1ccc(Br)cc1.Cl. The second kappa shape index (κ2) is 5.67. The number of nitrogens with zero attached hydrogens (tertiary/aromatic N) is 1. The molecule has 17 heavy (non-hydrogen) atoms. The first kappa shape index (κ1) is 14.9. The highest BCUT2D eigenvalue weighted by molar-refractivity contribution is 9.10. The van der Waals surface area contributed by atoms with Crippen molar-refractivity contribution in [1.29, 1.82) is 0 Å². The van der Waals surface area contributed by atoms with Crippen molar-refractivity contribution in [3.63, 3.8) is 0 Å². The Labute approximate surface area is 116 Å². The molecule has 1 heterocycles. The zero-order chi connectivity index (χ0) is 11.8. The minimum atomic E-state index is -3.34. The predicted molar refractivity (Wildman–Crippen MR) is 73.0 cm³/mol. The molecule has 0 atom stereocenters. The lowest BCUT2D eigenvalue weighted by Gasteiger charge is -2.34. The number of rotatable bonds is 3. The van der Waals surface area contributed by atoms with Crippen LogP contribution in [0.2, 0.25) is 0 Å². The molecule has 96 valence electrons. The molecule has 0 bridgehead atoms. The zero-order valence-corrected chi connectivity index (χ0v) is 12.5. The summed E-state index contributed by atoms with van der Waals surface area (Å²) in [7, 11) is -1.72. The van der Waals surface area contributed by atoms with Crippen LogP contribution < -0.4 is 5.32 Å². The molecule has 1 aromatic carbocycles. The van der Waals surface area contributed by atoms with Crippen LogP contribution in [0.4, 0.5) is 0 Å². The third-order valence-corrected chi connectivity index (χ3v) is 5.22. The van der Waals surface area contributed by atoms with Gasteiger partial charge in [-0.2, -0.15) is 4.31 Å². The van der Waals surface area contributed by atoms with Gasteiger partial charge in [-0.05, 0) is 24.3 Å².